The Kier molecular flexibility index (Phi) is 3.44. The molecular weight excluding hydrogens is 194 g/mol. The molecule has 0 atom stereocenters. The van der Waals surface area contributed by atoms with Crippen molar-refractivity contribution in [2.45, 2.75) is 20.3 Å². The number of carboxylic acid groups (broad SMARTS) is 1. The van der Waals surface area contributed by atoms with Crippen molar-refractivity contribution in [2.24, 2.45) is 0 Å². The molecule has 0 saturated carbocycles. The van der Waals surface area contributed by atoms with Crippen LogP contribution < -0.4 is 5.32 Å². The van der Waals surface area contributed by atoms with Crippen LogP contribution in [-0.2, 0) is 9.59 Å². The van der Waals surface area contributed by atoms with Gasteiger partial charge < -0.3 is 10.4 Å². The molecule has 4 nitrogen and oxygen atoms in total. The summed E-state index contributed by atoms with van der Waals surface area (Å²) in [5, 5.41) is 11.0. The summed E-state index contributed by atoms with van der Waals surface area (Å²) in [5.41, 5.74) is 2.68. The number of carbonyl (C=O) groups excluding carboxylic acids is 1. The first-order valence-electron chi connectivity index (χ1n) is 4.58. The predicted molar refractivity (Wildman–Crippen MR) is 56.8 cm³/mol. The zero-order chi connectivity index (χ0) is 11.4. The van der Waals surface area contributed by atoms with Crippen molar-refractivity contribution in [3.05, 3.63) is 29.3 Å². The van der Waals surface area contributed by atoms with E-state index in [1.54, 1.807) is 6.07 Å². The molecular formula is C11H13NO3. The Morgan fingerprint density at radius 1 is 1.33 bits per heavy atom. The second-order valence-electron chi connectivity index (χ2n) is 3.44. The van der Waals surface area contributed by atoms with Gasteiger partial charge in [0.2, 0.25) is 5.91 Å². The lowest BCUT2D eigenvalue weighted by atomic mass is 10.1. The number of rotatable bonds is 3. The van der Waals surface area contributed by atoms with Crippen molar-refractivity contribution in [3.63, 3.8) is 0 Å². The zero-order valence-electron chi connectivity index (χ0n) is 8.70. The van der Waals surface area contributed by atoms with E-state index in [1.807, 2.05) is 26.0 Å². The second kappa shape index (κ2) is 4.59. The van der Waals surface area contributed by atoms with E-state index >= 15 is 0 Å². The van der Waals surface area contributed by atoms with Gasteiger partial charge in [-0.05, 0) is 25.5 Å². The fourth-order valence-electron chi connectivity index (χ4n) is 1.29. The van der Waals surface area contributed by atoms with Crippen LogP contribution in [0.5, 0.6) is 0 Å². The molecule has 1 aromatic rings. The molecule has 1 aromatic carbocycles. The zero-order valence-corrected chi connectivity index (χ0v) is 8.70. The standard InChI is InChI=1S/C11H13NO3/c1-7-3-4-9(8(2)5-7)12-10(13)6-11(14)15/h3-5H,6H2,1-2H3,(H,12,13)(H,14,15). The highest BCUT2D eigenvalue weighted by Gasteiger charge is 2.08. The molecule has 1 rings (SSSR count). The van der Waals surface area contributed by atoms with Crippen molar-refractivity contribution >= 4 is 17.6 Å². The Labute approximate surface area is 87.9 Å². The monoisotopic (exact) mass is 207 g/mol. The van der Waals surface area contributed by atoms with Gasteiger partial charge in [0.25, 0.3) is 0 Å². The number of aliphatic carboxylic acids is 1. The lowest BCUT2D eigenvalue weighted by molar-refractivity contribution is -0.139. The van der Waals surface area contributed by atoms with Gasteiger partial charge in [0.05, 0.1) is 0 Å². The number of carbonyl (C=O) groups is 2. The third kappa shape index (κ3) is 3.42. The minimum absolute atomic E-state index is 0.505. The summed E-state index contributed by atoms with van der Waals surface area (Å²) in [4.78, 5) is 21.4. The van der Waals surface area contributed by atoms with E-state index in [2.05, 4.69) is 5.32 Å². The molecule has 0 aromatic heterocycles. The molecule has 0 heterocycles. The number of nitrogens with one attached hydrogen (secondary N) is 1. The average Bonchev–Trinajstić information content (AvgIpc) is 2.08. The predicted octanol–water partition coefficient (Wildman–Crippen LogP) is 1.72. The number of amides is 1. The molecule has 0 bridgehead atoms. The van der Waals surface area contributed by atoms with Gasteiger partial charge in [-0.1, -0.05) is 17.7 Å². The first-order chi connectivity index (χ1) is 6.99. The van der Waals surface area contributed by atoms with Gasteiger partial charge in [-0.25, -0.2) is 0 Å². The van der Waals surface area contributed by atoms with Gasteiger partial charge in [-0.3, -0.25) is 9.59 Å². The largest absolute Gasteiger partial charge is 0.481 e. The molecule has 0 radical (unpaired) electrons. The smallest absolute Gasteiger partial charge is 0.312 e. The van der Waals surface area contributed by atoms with Gasteiger partial charge in [-0.2, -0.15) is 0 Å². The summed E-state index contributed by atoms with van der Waals surface area (Å²) in [5.74, 6) is -1.63. The van der Waals surface area contributed by atoms with Crippen LogP contribution in [0.4, 0.5) is 5.69 Å². The molecule has 0 aliphatic rings. The van der Waals surface area contributed by atoms with E-state index in [1.165, 1.54) is 0 Å². The van der Waals surface area contributed by atoms with Crippen LogP contribution in [0.25, 0.3) is 0 Å². The van der Waals surface area contributed by atoms with E-state index < -0.39 is 18.3 Å². The maximum absolute atomic E-state index is 11.2. The van der Waals surface area contributed by atoms with Gasteiger partial charge in [0.1, 0.15) is 6.42 Å². The first kappa shape index (κ1) is 11.2. The number of benzene rings is 1. The highest BCUT2D eigenvalue weighted by molar-refractivity contribution is 6.01. The van der Waals surface area contributed by atoms with Crippen LogP contribution in [0.3, 0.4) is 0 Å². The maximum Gasteiger partial charge on any atom is 0.312 e. The summed E-state index contributed by atoms with van der Waals surface area (Å²) in [7, 11) is 0. The fourth-order valence-corrected chi connectivity index (χ4v) is 1.29. The lowest BCUT2D eigenvalue weighted by Gasteiger charge is -2.07. The van der Waals surface area contributed by atoms with Crippen LogP contribution in [0.1, 0.15) is 17.5 Å². The molecule has 15 heavy (non-hydrogen) atoms. The SMILES string of the molecule is Cc1ccc(NC(=O)CC(=O)O)c(C)c1. The average molecular weight is 207 g/mol. The molecule has 1 amide bonds. The van der Waals surface area contributed by atoms with E-state index in [9.17, 15) is 9.59 Å². The van der Waals surface area contributed by atoms with Crippen LogP contribution in [0, 0.1) is 13.8 Å². The van der Waals surface area contributed by atoms with Crippen molar-refractivity contribution in [3.8, 4) is 0 Å². The minimum atomic E-state index is -1.13. The summed E-state index contributed by atoms with van der Waals surface area (Å²) < 4.78 is 0. The molecule has 0 unspecified atom stereocenters. The minimum Gasteiger partial charge on any atom is -0.481 e. The second-order valence-corrected chi connectivity index (χ2v) is 3.44. The van der Waals surface area contributed by atoms with Crippen LogP contribution in [0.2, 0.25) is 0 Å². The van der Waals surface area contributed by atoms with Crippen LogP contribution >= 0.6 is 0 Å². The lowest BCUT2D eigenvalue weighted by Crippen LogP contribution is -2.16. The third-order valence-electron chi connectivity index (χ3n) is 1.97. The van der Waals surface area contributed by atoms with Gasteiger partial charge in [0.15, 0.2) is 0 Å². The van der Waals surface area contributed by atoms with E-state index in [-0.39, 0.29) is 0 Å². The highest BCUT2D eigenvalue weighted by Crippen LogP contribution is 2.15. The highest BCUT2D eigenvalue weighted by atomic mass is 16.4. The normalized spacial score (nSPS) is 9.73. The summed E-state index contributed by atoms with van der Waals surface area (Å²) >= 11 is 0. The maximum atomic E-state index is 11.2. The molecule has 0 spiro atoms. The summed E-state index contributed by atoms with van der Waals surface area (Å²) in [6.45, 7) is 3.82. The van der Waals surface area contributed by atoms with E-state index in [0.29, 0.717) is 5.69 Å². The van der Waals surface area contributed by atoms with Crippen LogP contribution in [-0.4, -0.2) is 17.0 Å². The number of carboxylic acids is 1. The third-order valence-corrected chi connectivity index (χ3v) is 1.97. The Hall–Kier alpha value is -1.84. The number of hydrogen-bond acceptors (Lipinski definition) is 2. The molecule has 4 heteroatoms. The van der Waals surface area contributed by atoms with Crippen LogP contribution in [0.15, 0.2) is 18.2 Å². The molecule has 0 aliphatic carbocycles. The quantitative estimate of drug-likeness (QED) is 0.741. The molecule has 0 aliphatic heterocycles. The fraction of sp³-hybridized carbons (Fsp3) is 0.273. The molecule has 80 valence electrons. The molecule has 0 fully saturated rings. The topological polar surface area (TPSA) is 66.4 Å². The van der Waals surface area contributed by atoms with Gasteiger partial charge >= 0.3 is 5.97 Å². The van der Waals surface area contributed by atoms with Crippen molar-refractivity contribution in [2.75, 3.05) is 5.32 Å². The van der Waals surface area contributed by atoms with E-state index in [0.717, 1.165) is 11.1 Å². The van der Waals surface area contributed by atoms with E-state index in [4.69, 9.17) is 5.11 Å². The van der Waals surface area contributed by atoms with Gasteiger partial charge in [0, 0.05) is 5.69 Å². The summed E-state index contributed by atoms with van der Waals surface area (Å²) in [6, 6.07) is 5.56. The Bertz CT molecular complexity index is 399. The van der Waals surface area contributed by atoms with Crippen molar-refractivity contribution in [1.29, 1.82) is 0 Å². The molecule has 0 saturated heterocycles. The number of aryl methyl sites for hydroxylation is 2. The van der Waals surface area contributed by atoms with Gasteiger partial charge in [-0.15, -0.1) is 0 Å². The van der Waals surface area contributed by atoms with Crippen molar-refractivity contribution < 1.29 is 14.7 Å². The first-order valence-corrected chi connectivity index (χ1v) is 4.58. The summed E-state index contributed by atoms with van der Waals surface area (Å²) in [6.07, 6.45) is -0.507. The Balaban J connectivity index is 2.72. The Morgan fingerprint density at radius 2 is 2.00 bits per heavy atom. The Morgan fingerprint density at radius 3 is 2.53 bits per heavy atom. The van der Waals surface area contributed by atoms with Crippen molar-refractivity contribution in [1.82, 2.24) is 0 Å². The molecule has 2 N–H and O–H groups in total. The number of hydrogen-bond donors (Lipinski definition) is 2. The number of anilines is 1.